The van der Waals surface area contributed by atoms with Gasteiger partial charge in [-0.25, -0.2) is 0 Å². The van der Waals surface area contributed by atoms with Crippen molar-refractivity contribution in [1.82, 2.24) is 0 Å². The highest BCUT2D eigenvalue weighted by Crippen LogP contribution is 2.41. The van der Waals surface area contributed by atoms with Gasteiger partial charge in [-0.1, -0.05) is 13.8 Å². The fourth-order valence-electron chi connectivity index (χ4n) is 2.73. The molecule has 0 aliphatic carbocycles. The standard InChI is InChI=1S/C13H25NO3/c1-4-10-8-13(6-7-17-10,11(14)5-2)9-12(15)16-3/h10-11H,4-9,14H2,1-3H3. The van der Waals surface area contributed by atoms with Crippen LogP contribution in [-0.2, 0) is 14.3 Å². The summed E-state index contributed by atoms with van der Waals surface area (Å²) in [7, 11) is 1.43. The second-order valence-corrected chi connectivity index (χ2v) is 4.99. The summed E-state index contributed by atoms with van der Waals surface area (Å²) in [6.07, 6.45) is 4.22. The maximum absolute atomic E-state index is 11.6. The molecule has 0 radical (unpaired) electrons. The number of esters is 1. The van der Waals surface area contributed by atoms with Gasteiger partial charge >= 0.3 is 5.97 Å². The van der Waals surface area contributed by atoms with Crippen molar-refractivity contribution in [1.29, 1.82) is 0 Å². The lowest BCUT2D eigenvalue weighted by Gasteiger charge is -2.44. The van der Waals surface area contributed by atoms with Crippen LogP contribution in [-0.4, -0.2) is 31.8 Å². The van der Waals surface area contributed by atoms with Gasteiger partial charge < -0.3 is 15.2 Å². The highest BCUT2D eigenvalue weighted by atomic mass is 16.5. The third-order valence-electron chi connectivity index (χ3n) is 3.99. The van der Waals surface area contributed by atoms with Crippen LogP contribution in [0.4, 0.5) is 0 Å². The third-order valence-corrected chi connectivity index (χ3v) is 3.99. The van der Waals surface area contributed by atoms with E-state index in [1.807, 2.05) is 0 Å². The zero-order chi connectivity index (χ0) is 12.9. The lowest BCUT2D eigenvalue weighted by atomic mass is 9.68. The molecule has 1 aliphatic rings. The Morgan fingerprint density at radius 1 is 1.59 bits per heavy atom. The molecule has 100 valence electrons. The maximum atomic E-state index is 11.6. The number of methoxy groups -OCH3 is 1. The molecule has 0 bridgehead atoms. The molecule has 1 saturated heterocycles. The highest BCUT2D eigenvalue weighted by Gasteiger charge is 2.42. The van der Waals surface area contributed by atoms with Gasteiger partial charge in [0.1, 0.15) is 0 Å². The van der Waals surface area contributed by atoms with Gasteiger partial charge in [0.2, 0.25) is 0 Å². The Labute approximate surface area is 104 Å². The molecule has 3 atom stereocenters. The Kier molecular flexibility index (Phi) is 5.40. The summed E-state index contributed by atoms with van der Waals surface area (Å²) < 4.78 is 10.5. The third kappa shape index (κ3) is 3.42. The van der Waals surface area contributed by atoms with Crippen LogP contribution in [0.15, 0.2) is 0 Å². The fraction of sp³-hybridized carbons (Fsp3) is 0.923. The van der Waals surface area contributed by atoms with Gasteiger partial charge in [0.15, 0.2) is 0 Å². The molecular weight excluding hydrogens is 218 g/mol. The summed E-state index contributed by atoms with van der Waals surface area (Å²) in [5, 5.41) is 0. The molecule has 0 aromatic rings. The van der Waals surface area contributed by atoms with Crippen LogP contribution in [0.5, 0.6) is 0 Å². The van der Waals surface area contributed by atoms with Crippen molar-refractivity contribution in [3.8, 4) is 0 Å². The molecule has 1 fully saturated rings. The van der Waals surface area contributed by atoms with Crippen LogP contribution in [0, 0.1) is 5.41 Å². The van der Waals surface area contributed by atoms with E-state index in [0.29, 0.717) is 13.0 Å². The van der Waals surface area contributed by atoms with Gasteiger partial charge in [0.05, 0.1) is 19.6 Å². The molecular formula is C13H25NO3. The smallest absolute Gasteiger partial charge is 0.306 e. The first-order valence-corrected chi connectivity index (χ1v) is 6.52. The Morgan fingerprint density at radius 3 is 2.82 bits per heavy atom. The van der Waals surface area contributed by atoms with Gasteiger partial charge in [-0.15, -0.1) is 0 Å². The lowest BCUT2D eigenvalue weighted by molar-refractivity contribution is -0.147. The SMILES string of the molecule is CCC1CC(CC(=O)OC)(C(N)CC)CCO1. The second kappa shape index (κ2) is 6.36. The van der Waals surface area contributed by atoms with E-state index in [0.717, 1.165) is 25.7 Å². The van der Waals surface area contributed by atoms with E-state index < -0.39 is 0 Å². The van der Waals surface area contributed by atoms with Gasteiger partial charge in [-0.05, 0) is 25.7 Å². The average Bonchev–Trinajstić information content (AvgIpc) is 2.37. The molecule has 0 aromatic carbocycles. The summed E-state index contributed by atoms with van der Waals surface area (Å²) in [6.45, 7) is 4.87. The summed E-state index contributed by atoms with van der Waals surface area (Å²) in [6, 6.07) is 0.0412. The van der Waals surface area contributed by atoms with Gasteiger partial charge in [0, 0.05) is 18.1 Å². The van der Waals surface area contributed by atoms with Crippen LogP contribution >= 0.6 is 0 Å². The largest absolute Gasteiger partial charge is 0.469 e. The van der Waals surface area contributed by atoms with E-state index in [1.54, 1.807) is 0 Å². The average molecular weight is 243 g/mol. The molecule has 4 heteroatoms. The van der Waals surface area contributed by atoms with Crippen molar-refractivity contribution in [2.75, 3.05) is 13.7 Å². The molecule has 17 heavy (non-hydrogen) atoms. The molecule has 0 amide bonds. The lowest BCUT2D eigenvalue weighted by Crippen LogP contribution is -2.49. The Bertz CT molecular complexity index is 257. The van der Waals surface area contributed by atoms with Gasteiger partial charge in [-0.2, -0.15) is 0 Å². The van der Waals surface area contributed by atoms with Crippen LogP contribution in [0.25, 0.3) is 0 Å². The van der Waals surface area contributed by atoms with E-state index in [-0.39, 0.29) is 23.5 Å². The topological polar surface area (TPSA) is 61.5 Å². The van der Waals surface area contributed by atoms with Crippen molar-refractivity contribution < 1.29 is 14.3 Å². The van der Waals surface area contributed by atoms with Crippen molar-refractivity contribution in [3.63, 3.8) is 0 Å². The normalized spacial score (nSPS) is 30.9. The molecule has 0 spiro atoms. The monoisotopic (exact) mass is 243 g/mol. The molecule has 4 nitrogen and oxygen atoms in total. The van der Waals surface area contributed by atoms with E-state index in [2.05, 4.69) is 13.8 Å². The first-order chi connectivity index (χ1) is 8.07. The maximum Gasteiger partial charge on any atom is 0.306 e. The highest BCUT2D eigenvalue weighted by molar-refractivity contribution is 5.70. The number of nitrogens with two attached hydrogens (primary N) is 1. The summed E-state index contributed by atoms with van der Waals surface area (Å²) in [5.41, 5.74) is 6.10. The minimum Gasteiger partial charge on any atom is -0.469 e. The molecule has 1 rings (SSSR count). The minimum absolute atomic E-state index is 0.0412. The minimum atomic E-state index is -0.161. The number of carbonyl (C=O) groups is 1. The zero-order valence-corrected chi connectivity index (χ0v) is 11.2. The number of hydrogen-bond acceptors (Lipinski definition) is 4. The molecule has 3 unspecified atom stereocenters. The molecule has 1 aliphatic heterocycles. The first-order valence-electron chi connectivity index (χ1n) is 6.52. The van der Waals surface area contributed by atoms with Crippen LogP contribution in [0.1, 0.15) is 46.0 Å². The van der Waals surface area contributed by atoms with Crippen molar-refractivity contribution in [2.24, 2.45) is 11.1 Å². The van der Waals surface area contributed by atoms with Crippen molar-refractivity contribution >= 4 is 5.97 Å². The van der Waals surface area contributed by atoms with Crippen molar-refractivity contribution in [2.45, 2.75) is 58.1 Å². The second-order valence-electron chi connectivity index (χ2n) is 4.99. The summed E-state index contributed by atoms with van der Waals surface area (Å²) in [4.78, 5) is 11.6. The molecule has 2 N–H and O–H groups in total. The first kappa shape index (κ1) is 14.5. The molecule has 0 aromatic heterocycles. The predicted octanol–water partition coefficient (Wildman–Crippen LogP) is 1.86. The van der Waals surface area contributed by atoms with E-state index in [1.165, 1.54) is 7.11 Å². The van der Waals surface area contributed by atoms with Gasteiger partial charge in [0.25, 0.3) is 0 Å². The van der Waals surface area contributed by atoms with Crippen LogP contribution in [0.2, 0.25) is 0 Å². The van der Waals surface area contributed by atoms with E-state index in [9.17, 15) is 4.79 Å². The van der Waals surface area contributed by atoms with Crippen LogP contribution < -0.4 is 5.73 Å². The zero-order valence-electron chi connectivity index (χ0n) is 11.2. The fourth-order valence-corrected chi connectivity index (χ4v) is 2.73. The molecule has 1 heterocycles. The number of hydrogen-bond donors (Lipinski definition) is 1. The van der Waals surface area contributed by atoms with Crippen LogP contribution in [0.3, 0.4) is 0 Å². The summed E-state index contributed by atoms with van der Waals surface area (Å²) in [5.74, 6) is -0.161. The Morgan fingerprint density at radius 2 is 2.29 bits per heavy atom. The Hall–Kier alpha value is -0.610. The molecule has 0 saturated carbocycles. The van der Waals surface area contributed by atoms with E-state index >= 15 is 0 Å². The number of ether oxygens (including phenoxy) is 2. The van der Waals surface area contributed by atoms with E-state index in [4.69, 9.17) is 15.2 Å². The van der Waals surface area contributed by atoms with Gasteiger partial charge in [-0.3, -0.25) is 4.79 Å². The predicted molar refractivity (Wildman–Crippen MR) is 66.6 cm³/mol. The number of carbonyl (C=O) groups excluding carboxylic acids is 1. The number of rotatable bonds is 5. The summed E-state index contributed by atoms with van der Waals surface area (Å²) >= 11 is 0. The quantitative estimate of drug-likeness (QED) is 0.749. The van der Waals surface area contributed by atoms with Crippen molar-refractivity contribution in [3.05, 3.63) is 0 Å². The Balaban J connectivity index is 2.81.